The highest BCUT2D eigenvalue weighted by molar-refractivity contribution is 5.02. The molecule has 0 saturated carbocycles. The van der Waals surface area contributed by atoms with Gasteiger partial charge in [-0.3, -0.25) is 0 Å². The standard InChI is InChI=1S/C13H27NO/c1-11(2)9-14-8-6-7-12(3)13(4)10-15-5/h7,11,13-14H,6,8-10H2,1-5H3. The molecule has 2 nitrogen and oxygen atoms in total. The van der Waals surface area contributed by atoms with E-state index in [1.807, 2.05) is 0 Å². The summed E-state index contributed by atoms with van der Waals surface area (Å²) in [5.74, 6) is 1.28. The third kappa shape index (κ3) is 8.64. The lowest BCUT2D eigenvalue weighted by atomic mass is 10.0. The molecule has 0 bridgehead atoms. The Balaban J connectivity index is 3.57. The van der Waals surface area contributed by atoms with E-state index < -0.39 is 0 Å². The molecule has 0 rings (SSSR count). The molecule has 0 aromatic rings. The number of hydrogen-bond acceptors (Lipinski definition) is 2. The first-order chi connectivity index (χ1) is 7.07. The second kappa shape index (κ2) is 8.93. The summed E-state index contributed by atoms with van der Waals surface area (Å²) in [6, 6.07) is 0. The molecule has 0 aliphatic heterocycles. The zero-order chi connectivity index (χ0) is 11.7. The molecule has 1 atom stereocenters. The lowest BCUT2D eigenvalue weighted by Crippen LogP contribution is -2.20. The molecule has 2 heteroatoms. The van der Waals surface area contributed by atoms with E-state index in [4.69, 9.17) is 4.74 Å². The average molecular weight is 213 g/mol. The summed E-state index contributed by atoms with van der Waals surface area (Å²) >= 11 is 0. The highest BCUT2D eigenvalue weighted by Crippen LogP contribution is 2.10. The van der Waals surface area contributed by atoms with Crippen LogP contribution in [0.25, 0.3) is 0 Å². The van der Waals surface area contributed by atoms with Crippen molar-refractivity contribution in [1.29, 1.82) is 0 Å². The van der Waals surface area contributed by atoms with Crippen LogP contribution in [-0.2, 0) is 4.74 Å². The molecular formula is C13H27NO. The largest absolute Gasteiger partial charge is 0.384 e. The van der Waals surface area contributed by atoms with Gasteiger partial charge in [0.1, 0.15) is 0 Å². The summed E-state index contributed by atoms with van der Waals surface area (Å²) < 4.78 is 5.13. The summed E-state index contributed by atoms with van der Waals surface area (Å²) in [6.07, 6.45) is 3.43. The van der Waals surface area contributed by atoms with Crippen LogP contribution < -0.4 is 5.32 Å². The van der Waals surface area contributed by atoms with Crippen LogP contribution in [0.15, 0.2) is 11.6 Å². The van der Waals surface area contributed by atoms with Crippen LogP contribution in [0.2, 0.25) is 0 Å². The Labute approximate surface area is 95.1 Å². The van der Waals surface area contributed by atoms with Crippen LogP contribution in [0.1, 0.15) is 34.1 Å². The van der Waals surface area contributed by atoms with Crippen molar-refractivity contribution in [2.75, 3.05) is 26.8 Å². The second-order valence-corrected chi connectivity index (χ2v) is 4.69. The van der Waals surface area contributed by atoms with Crippen molar-refractivity contribution in [1.82, 2.24) is 5.32 Å². The zero-order valence-corrected chi connectivity index (χ0v) is 11.0. The Kier molecular flexibility index (Phi) is 8.73. The molecule has 1 unspecified atom stereocenters. The second-order valence-electron chi connectivity index (χ2n) is 4.69. The molecule has 0 heterocycles. The van der Waals surface area contributed by atoms with E-state index >= 15 is 0 Å². The summed E-state index contributed by atoms with van der Waals surface area (Å²) in [5.41, 5.74) is 1.43. The normalized spacial score (nSPS) is 14.7. The molecule has 0 fully saturated rings. The summed E-state index contributed by atoms with van der Waals surface area (Å²) in [7, 11) is 1.76. The summed E-state index contributed by atoms with van der Waals surface area (Å²) in [4.78, 5) is 0. The number of methoxy groups -OCH3 is 1. The third-order valence-corrected chi connectivity index (χ3v) is 2.53. The van der Waals surface area contributed by atoms with Gasteiger partial charge in [0.25, 0.3) is 0 Å². The fraction of sp³-hybridized carbons (Fsp3) is 0.846. The molecule has 0 spiro atoms. The van der Waals surface area contributed by atoms with Crippen molar-refractivity contribution in [3.05, 3.63) is 11.6 Å². The molecule has 90 valence electrons. The minimum atomic E-state index is 0.542. The molecule has 0 aromatic heterocycles. The van der Waals surface area contributed by atoms with Crippen LogP contribution in [0, 0.1) is 11.8 Å². The predicted octanol–water partition coefficient (Wildman–Crippen LogP) is 2.85. The Morgan fingerprint density at radius 1 is 1.33 bits per heavy atom. The maximum absolute atomic E-state index is 5.13. The van der Waals surface area contributed by atoms with Gasteiger partial charge in [0.15, 0.2) is 0 Å². The van der Waals surface area contributed by atoms with Crippen LogP contribution in [0.4, 0.5) is 0 Å². The molecule has 0 amide bonds. The van der Waals surface area contributed by atoms with Crippen molar-refractivity contribution in [3.63, 3.8) is 0 Å². The van der Waals surface area contributed by atoms with E-state index in [9.17, 15) is 0 Å². The minimum absolute atomic E-state index is 0.542. The summed E-state index contributed by atoms with van der Waals surface area (Å²) in [5, 5.41) is 3.44. The smallest absolute Gasteiger partial charge is 0.0524 e. The Bertz CT molecular complexity index is 175. The van der Waals surface area contributed by atoms with E-state index in [-0.39, 0.29) is 0 Å². The van der Waals surface area contributed by atoms with Gasteiger partial charge in [0.05, 0.1) is 6.61 Å². The quantitative estimate of drug-likeness (QED) is 0.494. The van der Waals surface area contributed by atoms with Gasteiger partial charge in [-0.1, -0.05) is 32.4 Å². The molecule has 0 radical (unpaired) electrons. The molecule has 15 heavy (non-hydrogen) atoms. The zero-order valence-electron chi connectivity index (χ0n) is 11.0. The fourth-order valence-electron chi connectivity index (χ4n) is 1.38. The van der Waals surface area contributed by atoms with Gasteiger partial charge in [-0.2, -0.15) is 0 Å². The lowest BCUT2D eigenvalue weighted by Gasteiger charge is -2.11. The maximum atomic E-state index is 5.13. The van der Waals surface area contributed by atoms with Crippen LogP contribution in [-0.4, -0.2) is 26.8 Å². The SMILES string of the molecule is COCC(C)C(C)=CCCNCC(C)C. The molecular weight excluding hydrogens is 186 g/mol. The number of hydrogen-bond donors (Lipinski definition) is 1. The van der Waals surface area contributed by atoms with E-state index in [2.05, 4.69) is 39.1 Å². The fourth-order valence-corrected chi connectivity index (χ4v) is 1.38. The van der Waals surface area contributed by atoms with Gasteiger partial charge in [-0.15, -0.1) is 0 Å². The van der Waals surface area contributed by atoms with E-state index in [0.29, 0.717) is 5.92 Å². The number of nitrogens with one attached hydrogen (secondary N) is 1. The monoisotopic (exact) mass is 213 g/mol. The number of rotatable bonds is 8. The van der Waals surface area contributed by atoms with Crippen molar-refractivity contribution in [2.45, 2.75) is 34.1 Å². The van der Waals surface area contributed by atoms with E-state index in [1.165, 1.54) is 5.57 Å². The first-order valence-electron chi connectivity index (χ1n) is 5.94. The first-order valence-corrected chi connectivity index (χ1v) is 5.94. The van der Waals surface area contributed by atoms with Gasteiger partial charge < -0.3 is 10.1 Å². The topological polar surface area (TPSA) is 21.3 Å². The Hall–Kier alpha value is -0.340. The average Bonchev–Trinajstić information content (AvgIpc) is 2.16. The highest BCUT2D eigenvalue weighted by Gasteiger charge is 2.02. The highest BCUT2D eigenvalue weighted by atomic mass is 16.5. The molecule has 0 aliphatic carbocycles. The molecule has 0 aliphatic rings. The first kappa shape index (κ1) is 14.7. The van der Waals surface area contributed by atoms with Gasteiger partial charge in [0.2, 0.25) is 0 Å². The van der Waals surface area contributed by atoms with E-state index in [1.54, 1.807) is 7.11 Å². The van der Waals surface area contributed by atoms with Crippen molar-refractivity contribution in [3.8, 4) is 0 Å². The predicted molar refractivity (Wildman–Crippen MR) is 67.1 cm³/mol. The van der Waals surface area contributed by atoms with Crippen LogP contribution in [0.5, 0.6) is 0 Å². The van der Waals surface area contributed by atoms with Gasteiger partial charge in [-0.25, -0.2) is 0 Å². The minimum Gasteiger partial charge on any atom is -0.384 e. The maximum Gasteiger partial charge on any atom is 0.0524 e. The van der Waals surface area contributed by atoms with Gasteiger partial charge >= 0.3 is 0 Å². The van der Waals surface area contributed by atoms with Gasteiger partial charge in [-0.05, 0) is 32.4 Å². The van der Waals surface area contributed by atoms with Crippen molar-refractivity contribution in [2.24, 2.45) is 11.8 Å². The summed E-state index contributed by atoms with van der Waals surface area (Å²) in [6.45, 7) is 11.9. The van der Waals surface area contributed by atoms with Gasteiger partial charge in [0, 0.05) is 13.0 Å². The van der Waals surface area contributed by atoms with Crippen LogP contribution in [0.3, 0.4) is 0 Å². The Morgan fingerprint density at radius 3 is 2.53 bits per heavy atom. The molecule has 0 aromatic carbocycles. The van der Waals surface area contributed by atoms with Crippen molar-refractivity contribution < 1.29 is 4.74 Å². The molecule has 1 N–H and O–H groups in total. The number of ether oxygens (including phenoxy) is 1. The van der Waals surface area contributed by atoms with Crippen molar-refractivity contribution >= 4 is 0 Å². The van der Waals surface area contributed by atoms with Crippen LogP contribution >= 0.6 is 0 Å². The molecule has 0 saturated heterocycles. The Morgan fingerprint density at radius 2 is 2.00 bits per heavy atom. The third-order valence-electron chi connectivity index (χ3n) is 2.53. The lowest BCUT2D eigenvalue weighted by molar-refractivity contribution is 0.172. The van der Waals surface area contributed by atoms with E-state index in [0.717, 1.165) is 32.0 Å².